The summed E-state index contributed by atoms with van der Waals surface area (Å²) in [5.41, 5.74) is 1.18. The molecule has 2 aliphatic heterocycles. The van der Waals surface area contributed by atoms with Crippen LogP contribution in [0.15, 0.2) is 24.5 Å². The molecule has 7 heteroatoms. The summed E-state index contributed by atoms with van der Waals surface area (Å²) in [5, 5.41) is 7.58. The van der Waals surface area contributed by atoms with Gasteiger partial charge in [0.25, 0.3) is 0 Å². The Morgan fingerprint density at radius 3 is 2.92 bits per heavy atom. The number of aryl methyl sites for hydroxylation is 1. The van der Waals surface area contributed by atoms with Crippen LogP contribution in [-0.2, 0) is 18.4 Å². The molecule has 2 aromatic rings. The number of nitrogens with zero attached hydrogens (tertiary/aromatic N) is 4. The molecule has 0 aliphatic carbocycles. The number of nitrogens with one attached hydrogen (secondary N) is 1. The lowest BCUT2D eigenvalue weighted by Gasteiger charge is -2.36. The molecule has 2 fully saturated rings. The van der Waals surface area contributed by atoms with Crippen LogP contribution in [0.3, 0.4) is 0 Å². The molecule has 0 saturated carbocycles. The number of hydrogen-bond acceptors (Lipinski definition) is 5. The highest BCUT2D eigenvalue weighted by Crippen LogP contribution is 2.29. The molecule has 0 aromatic carbocycles. The first kappa shape index (κ1) is 17.7. The fourth-order valence-corrected chi connectivity index (χ4v) is 4.96. The van der Waals surface area contributed by atoms with Crippen molar-refractivity contribution in [1.82, 2.24) is 24.9 Å². The number of piperazine rings is 1. The zero-order chi connectivity index (χ0) is 17.9. The van der Waals surface area contributed by atoms with Crippen LogP contribution in [0.4, 0.5) is 0 Å². The highest BCUT2D eigenvalue weighted by Gasteiger charge is 2.30. The average molecular weight is 374 g/mol. The summed E-state index contributed by atoms with van der Waals surface area (Å²) >= 11 is 1.83. The maximum absolute atomic E-state index is 12.8. The number of amides is 1. The minimum absolute atomic E-state index is 0.166. The van der Waals surface area contributed by atoms with Crippen molar-refractivity contribution in [2.75, 3.05) is 39.3 Å². The van der Waals surface area contributed by atoms with E-state index in [1.807, 2.05) is 29.3 Å². The van der Waals surface area contributed by atoms with E-state index >= 15 is 0 Å². The highest BCUT2D eigenvalue weighted by atomic mass is 32.1. The number of thiophene rings is 1. The van der Waals surface area contributed by atoms with E-state index in [4.69, 9.17) is 0 Å². The van der Waals surface area contributed by atoms with E-state index in [9.17, 15) is 4.79 Å². The van der Waals surface area contributed by atoms with Gasteiger partial charge < -0.3 is 10.2 Å². The highest BCUT2D eigenvalue weighted by molar-refractivity contribution is 7.15. The van der Waals surface area contributed by atoms with E-state index in [2.05, 4.69) is 38.5 Å². The van der Waals surface area contributed by atoms with Gasteiger partial charge in [-0.2, -0.15) is 5.10 Å². The van der Waals surface area contributed by atoms with Crippen LogP contribution in [0.5, 0.6) is 0 Å². The van der Waals surface area contributed by atoms with E-state index < -0.39 is 0 Å². The number of carbonyl (C=O) groups excluding carboxylic acids is 1. The Labute approximate surface area is 158 Å². The SMILES string of the molecule is Cn1cc(-c2ccc(CN3CCCC(C(=O)N4CCNCC4)C3)s2)cn1. The number of aromatic nitrogens is 2. The molecule has 6 nitrogen and oxygen atoms in total. The molecule has 2 saturated heterocycles. The first-order valence-electron chi connectivity index (χ1n) is 9.48. The molecule has 1 unspecified atom stereocenters. The van der Waals surface area contributed by atoms with E-state index in [0.29, 0.717) is 5.91 Å². The van der Waals surface area contributed by atoms with Crippen molar-refractivity contribution in [1.29, 1.82) is 0 Å². The lowest BCUT2D eigenvalue weighted by molar-refractivity contribution is -0.138. The molecule has 1 amide bonds. The Hall–Kier alpha value is -1.70. The Morgan fingerprint density at radius 2 is 2.15 bits per heavy atom. The smallest absolute Gasteiger partial charge is 0.227 e. The number of carbonyl (C=O) groups is 1. The maximum atomic E-state index is 12.8. The van der Waals surface area contributed by atoms with Crippen LogP contribution >= 0.6 is 11.3 Å². The Bertz CT molecular complexity index is 749. The summed E-state index contributed by atoms with van der Waals surface area (Å²) in [4.78, 5) is 19.9. The van der Waals surface area contributed by atoms with Gasteiger partial charge in [-0.3, -0.25) is 14.4 Å². The molecule has 4 heterocycles. The van der Waals surface area contributed by atoms with Crippen LogP contribution in [0.1, 0.15) is 17.7 Å². The minimum atomic E-state index is 0.166. The van der Waals surface area contributed by atoms with E-state index in [0.717, 1.165) is 58.7 Å². The number of likely N-dealkylation sites (tertiary alicyclic amines) is 1. The third-order valence-corrected chi connectivity index (χ3v) is 6.43. The van der Waals surface area contributed by atoms with Gasteiger partial charge in [-0.05, 0) is 31.5 Å². The fraction of sp³-hybridized carbons (Fsp3) is 0.579. The quantitative estimate of drug-likeness (QED) is 0.888. The van der Waals surface area contributed by atoms with Gasteiger partial charge in [0.1, 0.15) is 0 Å². The second-order valence-corrected chi connectivity index (χ2v) is 8.49. The third kappa shape index (κ3) is 4.00. The van der Waals surface area contributed by atoms with Crippen molar-refractivity contribution in [2.24, 2.45) is 13.0 Å². The van der Waals surface area contributed by atoms with E-state index in [1.165, 1.54) is 15.3 Å². The molecule has 0 spiro atoms. The maximum Gasteiger partial charge on any atom is 0.227 e. The van der Waals surface area contributed by atoms with Gasteiger partial charge in [-0.1, -0.05) is 0 Å². The van der Waals surface area contributed by atoms with Gasteiger partial charge in [0, 0.05) is 67.8 Å². The van der Waals surface area contributed by atoms with Crippen molar-refractivity contribution in [2.45, 2.75) is 19.4 Å². The lowest BCUT2D eigenvalue weighted by atomic mass is 9.96. The van der Waals surface area contributed by atoms with Gasteiger partial charge >= 0.3 is 0 Å². The topological polar surface area (TPSA) is 53.4 Å². The zero-order valence-corrected chi connectivity index (χ0v) is 16.2. The molecule has 2 aliphatic rings. The van der Waals surface area contributed by atoms with Gasteiger partial charge in [0.2, 0.25) is 5.91 Å². The summed E-state index contributed by atoms with van der Waals surface area (Å²) in [7, 11) is 1.95. The lowest BCUT2D eigenvalue weighted by Crippen LogP contribution is -2.51. The minimum Gasteiger partial charge on any atom is -0.340 e. The van der Waals surface area contributed by atoms with Crippen LogP contribution < -0.4 is 5.32 Å². The first-order chi connectivity index (χ1) is 12.7. The number of piperidine rings is 1. The molecular weight excluding hydrogens is 346 g/mol. The summed E-state index contributed by atoms with van der Waals surface area (Å²) in [5.74, 6) is 0.526. The van der Waals surface area contributed by atoms with Crippen LogP contribution in [0, 0.1) is 5.92 Å². The Kier molecular flexibility index (Phi) is 5.38. The standard InChI is InChI=1S/C19H27N5OS/c1-22-12-16(11-21-22)18-5-4-17(26-18)14-23-8-2-3-15(13-23)19(25)24-9-6-20-7-10-24/h4-5,11-12,15,20H,2-3,6-10,13-14H2,1H3. The molecule has 0 bridgehead atoms. The average Bonchev–Trinajstić information content (AvgIpc) is 3.31. The second-order valence-electron chi connectivity index (χ2n) is 7.32. The van der Waals surface area contributed by atoms with Crippen molar-refractivity contribution in [3.63, 3.8) is 0 Å². The molecule has 26 heavy (non-hydrogen) atoms. The van der Waals surface area contributed by atoms with Crippen LogP contribution in [0.25, 0.3) is 10.4 Å². The zero-order valence-electron chi connectivity index (χ0n) is 15.4. The van der Waals surface area contributed by atoms with Crippen LogP contribution in [-0.4, -0.2) is 64.8 Å². The van der Waals surface area contributed by atoms with Gasteiger partial charge in [-0.15, -0.1) is 11.3 Å². The normalized spacial score (nSPS) is 21.9. The van der Waals surface area contributed by atoms with Crippen molar-refractivity contribution in [3.8, 4) is 10.4 Å². The van der Waals surface area contributed by atoms with Crippen LogP contribution in [0.2, 0.25) is 0 Å². The van der Waals surface area contributed by atoms with Gasteiger partial charge in [-0.25, -0.2) is 0 Å². The summed E-state index contributed by atoms with van der Waals surface area (Å²) in [6.45, 7) is 6.48. The molecule has 4 rings (SSSR count). The first-order valence-corrected chi connectivity index (χ1v) is 10.3. The van der Waals surface area contributed by atoms with Crippen molar-refractivity contribution >= 4 is 17.2 Å². The molecular formula is C19H27N5OS. The largest absolute Gasteiger partial charge is 0.340 e. The monoisotopic (exact) mass is 373 g/mol. The second kappa shape index (κ2) is 7.90. The van der Waals surface area contributed by atoms with Gasteiger partial charge in [0.05, 0.1) is 12.1 Å². The van der Waals surface area contributed by atoms with Crippen molar-refractivity contribution < 1.29 is 4.79 Å². The molecule has 1 atom stereocenters. The predicted octanol–water partition coefficient (Wildman–Crippen LogP) is 1.79. The molecule has 140 valence electrons. The number of hydrogen-bond donors (Lipinski definition) is 1. The summed E-state index contributed by atoms with van der Waals surface area (Å²) in [6.07, 6.45) is 6.12. The molecule has 2 aromatic heterocycles. The Balaban J connectivity index is 1.36. The number of rotatable bonds is 4. The summed E-state index contributed by atoms with van der Waals surface area (Å²) in [6, 6.07) is 4.40. The third-order valence-electron chi connectivity index (χ3n) is 5.31. The summed E-state index contributed by atoms with van der Waals surface area (Å²) < 4.78 is 1.84. The van der Waals surface area contributed by atoms with E-state index in [1.54, 1.807) is 0 Å². The fourth-order valence-electron chi connectivity index (χ4n) is 3.93. The van der Waals surface area contributed by atoms with E-state index in [-0.39, 0.29) is 5.92 Å². The predicted molar refractivity (Wildman–Crippen MR) is 104 cm³/mol. The van der Waals surface area contributed by atoms with Crippen molar-refractivity contribution in [3.05, 3.63) is 29.4 Å². The van der Waals surface area contributed by atoms with Gasteiger partial charge in [0.15, 0.2) is 0 Å². The molecule has 1 N–H and O–H groups in total. The Morgan fingerprint density at radius 1 is 1.31 bits per heavy atom. The molecule has 0 radical (unpaired) electrons.